The number of ether oxygens (including phenoxy) is 1. The zero-order valence-electron chi connectivity index (χ0n) is 19.3. The minimum atomic E-state index is -0.000391. The van der Waals surface area contributed by atoms with Gasteiger partial charge in [0.05, 0.1) is 30.9 Å². The van der Waals surface area contributed by atoms with E-state index in [1.807, 2.05) is 36.4 Å². The third-order valence-corrected chi connectivity index (χ3v) is 6.15. The average molecular weight is 455 g/mol. The van der Waals surface area contributed by atoms with Crippen LogP contribution in [-0.2, 0) is 6.42 Å². The van der Waals surface area contributed by atoms with E-state index in [0.717, 1.165) is 54.0 Å². The number of carbonyl (C=O) groups is 1. The molecule has 0 bridgehead atoms. The highest BCUT2D eigenvalue weighted by Gasteiger charge is 2.17. The molecule has 0 N–H and O–H groups in total. The number of carbonyl (C=O) groups excluding carboxylic acids is 1. The molecule has 1 fully saturated rings. The van der Waals surface area contributed by atoms with Crippen LogP contribution in [0.4, 0.5) is 5.82 Å². The number of anilines is 1. The van der Waals surface area contributed by atoms with E-state index in [1.165, 1.54) is 0 Å². The molecule has 8 heteroatoms. The van der Waals surface area contributed by atoms with E-state index >= 15 is 0 Å². The van der Waals surface area contributed by atoms with E-state index in [2.05, 4.69) is 37.0 Å². The topological polar surface area (TPSA) is 84.3 Å². The second kappa shape index (κ2) is 9.52. The van der Waals surface area contributed by atoms with Crippen LogP contribution >= 0.6 is 0 Å². The van der Waals surface area contributed by atoms with Crippen molar-refractivity contribution in [2.24, 2.45) is 0 Å². The summed E-state index contributed by atoms with van der Waals surface area (Å²) in [4.78, 5) is 26.3. The Morgan fingerprint density at radius 2 is 1.82 bits per heavy atom. The van der Waals surface area contributed by atoms with Crippen LogP contribution in [0.25, 0.3) is 22.0 Å². The summed E-state index contributed by atoms with van der Waals surface area (Å²) < 4.78 is 5.29. The van der Waals surface area contributed by atoms with Crippen molar-refractivity contribution in [3.05, 3.63) is 72.3 Å². The molecule has 0 aliphatic carbocycles. The van der Waals surface area contributed by atoms with Crippen LogP contribution in [0.15, 0.2) is 61.1 Å². The molecule has 8 nitrogen and oxygen atoms in total. The first-order valence-corrected chi connectivity index (χ1v) is 11.3. The van der Waals surface area contributed by atoms with E-state index < -0.39 is 0 Å². The Kier molecular flexibility index (Phi) is 6.14. The third kappa shape index (κ3) is 4.72. The smallest absolute Gasteiger partial charge is 0.169 e. The van der Waals surface area contributed by atoms with Gasteiger partial charge in [0.15, 0.2) is 5.78 Å². The molecule has 0 amide bonds. The number of aromatic nitrogens is 4. The molecule has 0 atom stereocenters. The molecule has 1 aliphatic rings. The van der Waals surface area contributed by atoms with Gasteiger partial charge in [0.1, 0.15) is 11.6 Å². The first-order chi connectivity index (χ1) is 16.6. The quantitative estimate of drug-likeness (QED) is 0.411. The normalized spacial score (nSPS) is 14.4. The summed E-state index contributed by atoms with van der Waals surface area (Å²) in [5.74, 6) is 1.55. The van der Waals surface area contributed by atoms with Gasteiger partial charge >= 0.3 is 0 Å². The molecule has 1 saturated heterocycles. The van der Waals surface area contributed by atoms with E-state index in [4.69, 9.17) is 4.74 Å². The Morgan fingerprint density at radius 1 is 0.971 bits per heavy atom. The predicted octanol–water partition coefficient (Wildman–Crippen LogP) is 3.27. The lowest BCUT2D eigenvalue weighted by atomic mass is 10.0. The molecule has 4 heterocycles. The molecule has 3 aromatic heterocycles. The van der Waals surface area contributed by atoms with Gasteiger partial charge in [-0.1, -0.05) is 6.07 Å². The van der Waals surface area contributed by atoms with Crippen molar-refractivity contribution in [1.29, 1.82) is 0 Å². The first-order valence-electron chi connectivity index (χ1n) is 11.3. The molecular formula is C26H26N6O2. The lowest BCUT2D eigenvalue weighted by Gasteiger charge is -2.33. The number of fused-ring (bicyclic) bond motifs is 1. The number of hydrogen-bond donors (Lipinski definition) is 0. The van der Waals surface area contributed by atoms with Crippen molar-refractivity contribution >= 4 is 22.5 Å². The zero-order valence-corrected chi connectivity index (χ0v) is 19.3. The van der Waals surface area contributed by atoms with Gasteiger partial charge in [-0.25, -0.2) is 4.98 Å². The SMILES string of the molecule is COc1cncc(-c2ccc3nnc(CC(=O)c4ccnc(N5CCN(C)CC5)c4)cc3c2)c1. The van der Waals surface area contributed by atoms with E-state index in [-0.39, 0.29) is 12.2 Å². The van der Waals surface area contributed by atoms with Crippen LogP contribution in [0.2, 0.25) is 0 Å². The fourth-order valence-corrected chi connectivity index (χ4v) is 4.11. The summed E-state index contributed by atoms with van der Waals surface area (Å²) in [6.45, 7) is 3.78. The molecule has 1 aliphatic heterocycles. The van der Waals surface area contributed by atoms with Gasteiger partial charge in [-0.05, 0) is 49.0 Å². The Labute approximate surface area is 198 Å². The standard InChI is InChI=1S/C26H26N6O2/c1-31-7-9-32(10-8-31)26-14-19(5-6-28-26)25(33)15-22-12-20-11-18(3-4-24(20)30-29-22)21-13-23(34-2)17-27-16-21/h3-6,11-14,16-17H,7-10,15H2,1-2H3. The second-order valence-electron chi connectivity index (χ2n) is 8.52. The van der Waals surface area contributed by atoms with Crippen molar-refractivity contribution < 1.29 is 9.53 Å². The van der Waals surface area contributed by atoms with Gasteiger partial charge in [-0.2, -0.15) is 10.2 Å². The molecule has 1 aromatic carbocycles. The van der Waals surface area contributed by atoms with E-state index in [1.54, 1.807) is 31.8 Å². The molecule has 0 unspecified atom stereocenters. The van der Waals surface area contributed by atoms with Crippen LogP contribution in [0, 0.1) is 0 Å². The number of Topliss-reactive ketones (excluding diaryl/α,β-unsaturated/α-hetero) is 1. The Balaban J connectivity index is 1.36. The van der Waals surface area contributed by atoms with Crippen LogP contribution in [0.5, 0.6) is 5.75 Å². The van der Waals surface area contributed by atoms with Crippen LogP contribution < -0.4 is 9.64 Å². The van der Waals surface area contributed by atoms with Gasteiger partial charge in [-0.3, -0.25) is 9.78 Å². The van der Waals surface area contributed by atoms with E-state index in [0.29, 0.717) is 17.0 Å². The van der Waals surface area contributed by atoms with Crippen LogP contribution in [-0.4, -0.2) is 71.2 Å². The van der Waals surface area contributed by atoms with E-state index in [9.17, 15) is 4.79 Å². The first kappa shape index (κ1) is 21.9. The molecule has 0 saturated carbocycles. The number of methoxy groups -OCH3 is 1. The van der Waals surface area contributed by atoms with Gasteiger partial charge < -0.3 is 14.5 Å². The van der Waals surface area contributed by atoms with Crippen LogP contribution in [0.1, 0.15) is 16.1 Å². The van der Waals surface area contributed by atoms with Gasteiger partial charge in [-0.15, -0.1) is 0 Å². The number of nitrogens with zero attached hydrogens (tertiary/aromatic N) is 6. The predicted molar refractivity (Wildman–Crippen MR) is 131 cm³/mol. The number of pyridine rings is 2. The highest BCUT2D eigenvalue weighted by Crippen LogP contribution is 2.26. The van der Waals surface area contributed by atoms with Crippen molar-refractivity contribution in [3.8, 4) is 16.9 Å². The van der Waals surface area contributed by atoms with Gasteiger partial charge in [0.25, 0.3) is 0 Å². The fourth-order valence-electron chi connectivity index (χ4n) is 4.11. The molecular weight excluding hydrogens is 428 g/mol. The second-order valence-corrected chi connectivity index (χ2v) is 8.52. The maximum Gasteiger partial charge on any atom is 0.169 e. The molecule has 4 aromatic rings. The summed E-state index contributed by atoms with van der Waals surface area (Å²) in [7, 11) is 3.74. The number of hydrogen-bond acceptors (Lipinski definition) is 8. The highest BCUT2D eigenvalue weighted by atomic mass is 16.5. The summed E-state index contributed by atoms with van der Waals surface area (Å²) in [6, 6.07) is 13.5. The summed E-state index contributed by atoms with van der Waals surface area (Å²) in [6.07, 6.45) is 5.36. The molecule has 172 valence electrons. The average Bonchev–Trinajstić information content (AvgIpc) is 2.89. The summed E-state index contributed by atoms with van der Waals surface area (Å²) in [5.41, 5.74) is 3.99. The lowest BCUT2D eigenvalue weighted by Crippen LogP contribution is -2.44. The zero-order chi connectivity index (χ0) is 23.5. The maximum absolute atomic E-state index is 13.1. The third-order valence-electron chi connectivity index (χ3n) is 6.15. The van der Waals surface area contributed by atoms with Crippen molar-refractivity contribution in [2.75, 3.05) is 45.2 Å². The number of piperazine rings is 1. The van der Waals surface area contributed by atoms with Crippen LogP contribution in [0.3, 0.4) is 0 Å². The monoisotopic (exact) mass is 454 g/mol. The molecule has 34 heavy (non-hydrogen) atoms. The summed E-state index contributed by atoms with van der Waals surface area (Å²) in [5, 5.41) is 9.54. The van der Waals surface area contributed by atoms with Crippen molar-refractivity contribution in [3.63, 3.8) is 0 Å². The Morgan fingerprint density at radius 3 is 2.65 bits per heavy atom. The fraction of sp³-hybridized carbons (Fsp3) is 0.269. The number of rotatable bonds is 6. The Hall–Kier alpha value is -3.91. The molecule has 0 spiro atoms. The minimum Gasteiger partial charge on any atom is -0.495 e. The van der Waals surface area contributed by atoms with Gasteiger partial charge in [0, 0.05) is 55.1 Å². The molecule has 0 radical (unpaired) electrons. The van der Waals surface area contributed by atoms with Crippen molar-refractivity contribution in [2.45, 2.75) is 6.42 Å². The van der Waals surface area contributed by atoms with Gasteiger partial charge in [0.2, 0.25) is 0 Å². The van der Waals surface area contributed by atoms with Crippen molar-refractivity contribution in [1.82, 2.24) is 25.1 Å². The lowest BCUT2D eigenvalue weighted by molar-refractivity contribution is 0.0991. The Bertz CT molecular complexity index is 1330. The number of benzene rings is 1. The number of likely N-dealkylation sites (N-methyl/N-ethyl adjacent to an activating group) is 1. The summed E-state index contributed by atoms with van der Waals surface area (Å²) >= 11 is 0. The highest BCUT2D eigenvalue weighted by molar-refractivity contribution is 5.98. The largest absolute Gasteiger partial charge is 0.495 e. The minimum absolute atomic E-state index is 0.000391. The maximum atomic E-state index is 13.1. The number of ketones is 1. The molecule has 5 rings (SSSR count).